The minimum atomic E-state index is -4.54. The third-order valence-corrected chi connectivity index (χ3v) is 0. The number of hydrogen-bond acceptors (Lipinski definition) is 0. The van der Waals surface area contributed by atoms with Crippen LogP contribution in [0.2, 0.25) is 0 Å². The molecule has 0 saturated carbocycles. The number of rotatable bonds is 0. The predicted molar refractivity (Wildman–Crippen MR) is 11.3 cm³/mol. The zero-order valence-corrected chi connectivity index (χ0v) is 5.73. The fourth-order valence-electron chi connectivity index (χ4n) is 0. The first-order chi connectivity index (χ1) is 1.73. The summed E-state index contributed by atoms with van der Waals surface area (Å²) in [5, 5.41) is 0. The average molecular weight is 151 g/mol. The Morgan fingerprint density at radius 2 is 1.20 bits per heavy atom. The quantitative estimate of drug-likeness (QED) is 0.455. The molecule has 0 atom stereocenters. The van der Waals surface area contributed by atoms with Gasteiger partial charge in [0.1, 0.15) is 0 Å². The normalized spacial score (nSPS) is 7.20. The first-order valence-corrected chi connectivity index (χ1v) is 1.91. The maximum absolute atomic E-state index is 9.79. The molecule has 0 amide bonds. The van der Waals surface area contributed by atoms with Crippen LogP contribution in [0.3, 0.4) is 0 Å². The van der Waals surface area contributed by atoms with Crippen molar-refractivity contribution in [1.29, 1.82) is 0 Å². The summed E-state index contributed by atoms with van der Waals surface area (Å²) < 4.78 is 29.4. The summed E-state index contributed by atoms with van der Waals surface area (Å²) in [6, 6.07) is 0. The SMILES string of the molecule is [Ca+2].[F][Cr]([F])[F].[H-].[H-]. The molecule has 0 aromatic heterocycles. The van der Waals surface area contributed by atoms with Crippen molar-refractivity contribution >= 4 is 37.7 Å². The number of hydrogen-bond donors (Lipinski definition) is 0. The molecule has 0 aliphatic rings. The summed E-state index contributed by atoms with van der Waals surface area (Å²) in [6.07, 6.45) is 0. The summed E-state index contributed by atoms with van der Waals surface area (Å²) in [5.74, 6) is 0. The zero-order valence-electron chi connectivity index (χ0n) is 4.25. The minimum Gasteiger partial charge on any atom is -1.00 e. The Bertz CT molecular complexity index is 17.7. The van der Waals surface area contributed by atoms with E-state index in [-0.39, 0.29) is 40.6 Å². The smallest absolute Gasteiger partial charge is 1.00 e. The molecule has 0 bridgehead atoms. The molecule has 0 radical (unpaired) electrons. The fraction of sp³-hybridized carbons (Fsp3) is 0. The second-order valence-electron chi connectivity index (χ2n) is 0.175. The van der Waals surface area contributed by atoms with Crippen LogP contribution >= 0.6 is 0 Å². The van der Waals surface area contributed by atoms with E-state index >= 15 is 0 Å². The monoisotopic (exact) mass is 151 g/mol. The van der Waals surface area contributed by atoms with Crippen LogP contribution in [0.15, 0.2) is 0 Å². The van der Waals surface area contributed by atoms with Crippen LogP contribution in [0.1, 0.15) is 2.85 Å². The van der Waals surface area contributed by atoms with E-state index in [2.05, 4.69) is 0 Å². The predicted octanol–water partition coefficient (Wildman–Crippen LogP) is 1.10. The zero-order chi connectivity index (χ0) is 3.58. The minimum absolute atomic E-state index is 0. The van der Waals surface area contributed by atoms with E-state index < -0.39 is 15.5 Å². The summed E-state index contributed by atoms with van der Waals surface area (Å²) in [5.41, 5.74) is 0. The molecule has 0 N–H and O–H groups in total. The molecular weight excluding hydrogens is 149 g/mol. The molecule has 0 spiro atoms. The molecule has 5 heteroatoms. The van der Waals surface area contributed by atoms with Gasteiger partial charge in [-0.3, -0.25) is 0 Å². The van der Waals surface area contributed by atoms with Crippen molar-refractivity contribution in [3.8, 4) is 0 Å². The van der Waals surface area contributed by atoms with Crippen LogP contribution < -0.4 is 0 Å². The standard InChI is InChI=1S/Ca.Cr.3FH.2H/h;;3*1H;;/q+2;+3;;;;2*-1/p-3. The van der Waals surface area contributed by atoms with Crippen molar-refractivity contribution < 1.29 is 29.0 Å². The van der Waals surface area contributed by atoms with Crippen LogP contribution in [-0.4, -0.2) is 37.7 Å². The average Bonchev–Trinajstić information content (AvgIpc) is 0.811. The molecule has 0 aliphatic carbocycles. The molecule has 0 saturated heterocycles. The van der Waals surface area contributed by atoms with Crippen molar-refractivity contribution in [1.82, 2.24) is 0 Å². The van der Waals surface area contributed by atoms with Gasteiger partial charge in [0.05, 0.1) is 0 Å². The fourth-order valence-corrected chi connectivity index (χ4v) is 0. The van der Waals surface area contributed by atoms with Gasteiger partial charge in [-0.1, -0.05) is 0 Å². The van der Waals surface area contributed by atoms with Gasteiger partial charge in [0, 0.05) is 0 Å². The summed E-state index contributed by atoms with van der Waals surface area (Å²) in [4.78, 5) is 0. The van der Waals surface area contributed by atoms with E-state index in [1.807, 2.05) is 0 Å². The van der Waals surface area contributed by atoms with E-state index in [0.29, 0.717) is 0 Å². The number of halogens is 3. The molecule has 0 nitrogen and oxygen atoms in total. The Kier molecular flexibility index (Phi) is 10.9. The Morgan fingerprint density at radius 3 is 1.20 bits per heavy atom. The molecule has 0 aliphatic heterocycles. The molecule has 0 rings (SSSR count). The Hall–Kier alpha value is 1.58. The first kappa shape index (κ1) is 9.77. The van der Waals surface area contributed by atoms with Gasteiger partial charge >= 0.3 is 63.8 Å². The van der Waals surface area contributed by atoms with Crippen LogP contribution in [0.4, 0.5) is 10.6 Å². The van der Waals surface area contributed by atoms with Gasteiger partial charge in [-0.05, 0) is 0 Å². The van der Waals surface area contributed by atoms with E-state index in [1.165, 1.54) is 0 Å². The van der Waals surface area contributed by atoms with Gasteiger partial charge in [-0.2, -0.15) is 0 Å². The molecular formula is H2CaCrF3. The third kappa shape index (κ3) is 28.6. The van der Waals surface area contributed by atoms with Crippen molar-refractivity contribution in [2.45, 2.75) is 0 Å². The van der Waals surface area contributed by atoms with Crippen LogP contribution in [0, 0.1) is 0 Å². The van der Waals surface area contributed by atoms with Gasteiger partial charge < -0.3 is 2.85 Å². The Morgan fingerprint density at radius 1 is 1.20 bits per heavy atom. The van der Waals surface area contributed by atoms with Gasteiger partial charge in [-0.15, -0.1) is 0 Å². The molecule has 5 heavy (non-hydrogen) atoms. The maximum Gasteiger partial charge on any atom is -1.00 e. The van der Waals surface area contributed by atoms with Crippen molar-refractivity contribution in [3.05, 3.63) is 0 Å². The second kappa shape index (κ2) is 5.58. The summed E-state index contributed by atoms with van der Waals surface area (Å²) in [6.45, 7) is 0. The topological polar surface area (TPSA) is 0 Å². The third-order valence-electron chi connectivity index (χ3n) is 0. The maximum atomic E-state index is 9.79. The van der Waals surface area contributed by atoms with Crippen LogP contribution in [-0.2, 0) is 15.5 Å². The van der Waals surface area contributed by atoms with Crippen molar-refractivity contribution in [2.75, 3.05) is 0 Å². The largest absolute Gasteiger partial charge is 1.00 e. The van der Waals surface area contributed by atoms with E-state index in [9.17, 15) is 10.6 Å². The summed E-state index contributed by atoms with van der Waals surface area (Å²) in [7, 11) is 0. The molecule has 31 valence electrons. The van der Waals surface area contributed by atoms with Gasteiger partial charge in [0.15, 0.2) is 0 Å². The van der Waals surface area contributed by atoms with Crippen LogP contribution in [0.25, 0.3) is 0 Å². The van der Waals surface area contributed by atoms with E-state index in [4.69, 9.17) is 0 Å². The second-order valence-corrected chi connectivity index (χ2v) is 0.721. The molecule has 0 heterocycles. The first-order valence-electron chi connectivity index (χ1n) is 0.463. The van der Waals surface area contributed by atoms with Crippen molar-refractivity contribution in [3.63, 3.8) is 0 Å². The van der Waals surface area contributed by atoms with Gasteiger partial charge in [-0.25, -0.2) is 0 Å². The van der Waals surface area contributed by atoms with Gasteiger partial charge in [0.25, 0.3) is 0 Å². The Labute approximate surface area is 66.1 Å². The summed E-state index contributed by atoms with van der Waals surface area (Å²) >= 11 is -4.54. The molecule has 0 aromatic carbocycles. The van der Waals surface area contributed by atoms with Crippen molar-refractivity contribution in [2.24, 2.45) is 0 Å². The molecule has 0 fully saturated rings. The van der Waals surface area contributed by atoms with E-state index in [1.54, 1.807) is 0 Å². The van der Waals surface area contributed by atoms with Crippen LogP contribution in [0.5, 0.6) is 0 Å². The molecule has 0 unspecified atom stereocenters. The van der Waals surface area contributed by atoms with Gasteiger partial charge in [0.2, 0.25) is 0 Å². The Balaban J connectivity index is -0.0000000150. The molecule has 0 aromatic rings. The van der Waals surface area contributed by atoms with E-state index in [0.717, 1.165) is 0 Å².